The van der Waals surface area contributed by atoms with Crippen LogP contribution >= 0.6 is 15.9 Å². The van der Waals surface area contributed by atoms with Crippen molar-refractivity contribution in [2.45, 2.75) is 12.7 Å². The van der Waals surface area contributed by atoms with Crippen LogP contribution in [0.4, 0.5) is 0 Å². The van der Waals surface area contributed by atoms with Crippen molar-refractivity contribution < 1.29 is 14.6 Å². The molecule has 0 aliphatic carbocycles. The summed E-state index contributed by atoms with van der Waals surface area (Å²) in [6, 6.07) is 5.68. The van der Waals surface area contributed by atoms with Gasteiger partial charge in [-0.3, -0.25) is 0 Å². The summed E-state index contributed by atoms with van der Waals surface area (Å²) in [5.41, 5.74) is 1.80. The minimum atomic E-state index is -0.0320. The summed E-state index contributed by atoms with van der Waals surface area (Å²) >= 11 is 3.38. The Bertz CT molecular complexity index is 311. The number of hydrogen-bond acceptors (Lipinski definition) is 3. The first-order valence-electron chi connectivity index (χ1n) is 4.63. The van der Waals surface area contributed by atoms with E-state index < -0.39 is 0 Å². The normalized spacial score (nSPS) is 12.5. The van der Waals surface area contributed by atoms with E-state index in [2.05, 4.69) is 15.9 Å². The van der Waals surface area contributed by atoms with Crippen molar-refractivity contribution in [3.63, 3.8) is 0 Å². The van der Waals surface area contributed by atoms with Gasteiger partial charge >= 0.3 is 0 Å². The maximum Gasteiger partial charge on any atom is 0.124 e. The van der Waals surface area contributed by atoms with Crippen LogP contribution in [0.3, 0.4) is 0 Å². The van der Waals surface area contributed by atoms with Crippen LogP contribution in [0, 0.1) is 0 Å². The molecule has 1 N–H and O–H groups in total. The molecule has 1 atom stereocenters. The minimum absolute atomic E-state index is 0.00112. The molecule has 0 amide bonds. The fourth-order valence-electron chi connectivity index (χ4n) is 1.41. The van der Waals surface area contributed by atoms with Gasteiger partial charge in [0.1, 0.15) is 5.75 Å². The highest BCUT2D eigenvalue weighted by Gasteiger charge is 2.11. The molecule has 0 bridgehead atoms. The molecule has 0 spiro atoms. The fourth-order valence-corrected chi connectivity index (χ4v) is 2.05. The van der Waals surface area contributed by atoms with E-state index in [1.165, 1.54) is 0 Å². The van der Waals surface area contributed by atoms with Gasteiger partial charge in [-0.2, -0.15) is 0 Å². The molecule has 1 unspecified atom stereocenters. The van der Waals surface area contributed by atoms with E-state index in [4.69, 9.17) is 14.6 Å². The number of methoxy groups -OCH3 is 2. The molecule has 15 heavy (non-hydrogen) atoms. The SMILES string of the molecule is COc1ccc(C(CBr)OC)cc1CO. The Hall–Kier alpha value is -0.580. The molecule has 0 saturated carbocycles. The number of benzene rings is 1. The zero-order valence-corrected chi connectivity index (χ0v) is 10.5. The average molecular weight is 275 g/mol. The highest BCUT2D eigenvalue weighted by atomic mass is 79.9. The van der Waals surface area contributed by atoms with E-state index in [0.29, 0.717) is 5.75 Å². The maximum absolute atomic E-state index is 9.17. The Balaban J connectivity index is 3.01. The molecule has 4 heteroatoms. The van der Waals surface area contributed by atoms with Crippen LogP contribution in [0.5, 0.6) is 5.75 Å². The molecule has 1 rings (SSSR count). The minimum Gasteiger partial charge on any atom is -0.496 e. The topological polar surface area (TPSA) is 38.7 Å². The summed E-state index contributed by atoms with van der Waals surface area (Å²) in [5, 5.41) is 9.89. The first kappa shape index (κ1) is 12.5. The van der Waals surface area contributed by atoms with Crippen molar-refractivity contribution in [2.24, 2.45) is 0 Å². The first-order valence-corrected chi connectivity index (χ1v) is 5.75. The van der Waals surface area contributed by atoms with Crippen molar-refractivity contribution in [1.82, 2.24) is 0 Å². The second-order valence-corrected chi connectivity index (χ2v) is 3.76. The summed E-state index contributed by atoms with van der Waals surface area (Å²) in [7, 11) is 3.25. The highest BCUT2D eigenvalue weighted by Crippen LogP contribution is 2.25. The van der Waals surface area contributed by atoms with E-state index in [1.54, 1.807) is 14.2 Å². The third kappa shape index (κ3) is 2.93. The van der Waals surface area contributed by atoms with Crippen LogP contribution in [0.15, 0.2) is 18.2 Å². The molecule has 0 saturated heterocycles. The number of hydrogen-bond donors (Lipinski definition) is 1. The van der Waals surface area contributed by atoms with Crippen molar-refractivity contribution in [3.05, 3.63) is 29.3 Å². The van der Waals surface area contributed by atoms with Crippen LogP contribution in [0.2, 0.25) is 0 Å². The van der Waals surface area contributed by atoms with Gasteiger partial charge in [-0.1, -0.05) is 22.0 Å². The van der Waals surface area contributed by atoms with Gasteiger partial charge in [-0.25, -0.2) is 0 Å². The molecule has 0 radical (unpaired) electrons. The fraction of sp³-hybridized carbons (Fsp3) is 0.455. The molecule has 0 heterocycles. The monoisotopic (exact) mass is 274 g/mol. The van der Waals surface area contributed by atoms with Gasteiger partial charge in [-0.15, -0.1) is 0 Å². The Morgan fingerprint density at radius 1 is 1.40 bits per heavy atom. The summed E-state index contributed by atoms with van der Waals surface area (Å²) in [6.45, 7) is -0.0320. The zero-order valence-electron chi connectivity index (χ0n) is 8.87. The molecule has 0 aliphatic rings. The molecular weight excluding hydrogens is 260 g/mol. The quantitative estimate of drug-likeness (QED) is 0.838. The highest BCUT2D eigenvalue weighted by molar-refractivity contribution is 9.09. The van der Waals surface area contributed by atoms with Crippen LogP contribution in [-0.2, 0) is 11.3 Å². The Morgan fingerprint density at radius 3 is 2.60 bits per heavy atom. The second-order valence-electron chi connectivity index (χ2n) is 3.11. The van der Waals surface area contributed by atoms with Gasteiger partial charge in [0.15, 0.2) is 0 Å². The molecule has 0 aliphatic heterocycles. The first-order chi connectivity index (χ1) is 7.26. The maximum atomic E-state index is 9.17. The number of aliphatic hydroxyl groups excluding tert-OH is 1. The summed E-state index contributed by atoms with van der Waals surface area (Å²) in [5.74, 6) is 0.700. The van der Waals surface area contributed by atoms with E-state index >= 15 is 0 Å². The number of halogens is 1. The third-order valence-electron chi connectivity index (χ3n) is 2.27. The summed E-state index contributed by atoms with van der Waals surface area (Å²) in [6.07, 6.45) is 0.00112. The number of rotatable bonds is 5. The Kier molecular flexibility index (Phi) is 5.08. The lowest BCUT2D eigenvalue weighted by molar-refractivity contribution is 0.124. The van der Waals surface area contributed by atoms with E-state index in [0.717, 1.165) is 16.5 Å². The molecule has 1 aromatic carbocycles. The van der Waals surface area contributed by atoms with Crippen molar-refractivity contribution in [3.8, 4) is 5.75 Å². The van der Waals surface area contributed by atoms with Gasteiger partial charge < -0.3 is 14.6 Å². The molecule has 3 nitrogen and oxygen atoms in total. The Labute approximate surface area is 98.1 Å². The molecule has 1 aromatic rings. The van der Waals surface area contributed by atoms with Crippen molar-refractivity contribution in [1.29, 1.82) is 0 Å². The van der Waals surface area contributed by atoms with Crippen LogP contribution in [0.1, 0.15) is 17.2 Å². The lowest BCUT2D eigenvalue weighted by atomic mass is 10.1. The largest absolute Gasteiger partial charge is 0.496 e. The molecule has 84 valence electrons. The van der Waals surface area contributed by atoms with Crippen LogP contribution < -0.4 is 4.74 Å². The van der Waals surface area contributed by atoms with Crippen molar-refractivity contribution in [2.75, 3.05) is 19.5 Å². The standard InChI is InChI=1S/C11H15BrO3/c1-14-10-4-3-8(5-9(10)7-13)11(6-12)15-2/h3-5,11,13H,6-7H2,1-2H3. The van der Waals surface area contributed by atoms with Gasteiger partial charge in [0.05, 0.1) is 19.8 Å². The lowest BCUT2D eigenvalue weighted by Crippen LogP contribution is -2.04. The number of ether oxygens (including phenoxy) is 2. The molecule has 0 aromatic heterocycles. The van der Waals surface area contributed by atoms with Crippen LogP contribution in [0.25, 0.3) is 0 Å². The van der Waals surface area contributed by atoms with Gasteiger partial charge in [0.25, 0.3) is 0 Å². The van der Waals surface area contributed by atoms with E-state index in [1.807, 2.05) is 18.2 Å². The van der Waals surface area contributed by atoms with E-state index in [-0.39, 0.29) is 12.7 Å². The van der Waals surface area contributed by atoms with Gasteiger partial charge in [0, 0.05) is 18.0 Å². The molecule has 0 fully saturated rings. The predicted octanol–water partition coefficient (Wildman–Crippen LogP) is 2.27. The molecular formula is C11H15BrO3. The second kappa shape index (κ2) is 6.10. The van der Waals surface area contributed by atoms with Crippen molar-refractivity contribution >= 4 is 15.9 Å². The summed E-state index contributed by atoms with van der Waals surface area (Å²) < 4.78 is 10.4. The predicted molar refractivity (Wildman–Crippen MR) is 62.5 cm³/mol. The number of aliphatic hydroxyl groups is 1. The number of alkyl halides is 1. The van der Waals surface area contributed by atoms with E-state index in [9.17, 15) is 0 Å². The lowest BCUT2D eigenvalue weighted by Gasteiger charge is -2.15. The smallest absolute Gasteiger partial charge is 0.124 e. The summed E-state index contributed by atoms with van der Waals surface area (Å²) in [4.78, 5) is 0. The van der Waals surface area contributed by atoms with Gasteiger partial charge in [-0.05, 0) is 17.7 Å². The zero-order chi connectivity index (χ0) is 11.3. The van der Waals surface area contributed by atoms with Crippen LogP contribution in [-0.4, -0.2) is 24.7 Å². The van der Waals surface area contributed by atoms with Gasteiger partial charge in [0.2, 0.25) is 0 Å². The Morgan fingerprint density at radius 2 is 2.13 bits per heavy atom. The third-order valence-corrected chi connectivity index (χ3v) is 2.86. The average Bonchev–Trinajstić information content (AvgIpc) is 2.30.